The normalized spacial score (nSPS) is 17.9. The van der Waals surface area contributed by atoms with E-state index in [1.54, 1.807) is 6.08 Å². The maximum atomic E-state index is 10.0. The second-order valence-electron chi connectivity index (χ2n) is 5.03. The molecule has 0 fully saturated rings. The van der Waals surface area contributed by atoms with E-state index in [4.69, 9.17) is 12.2 Å². The van der Waals surface area contributed by atoms with Crippen LogP contribution in [0.15, 0.2) is 48.0 Å². The molecule has 110 valence electrons. The fourth-order valence-corrected chi connectivity index (χ4v) is 2.44. The first kappa shape index (κ1) is 16.7. The van der Waals surface area contributed by atoms with Crippen molar-refractivity contribution in [2.75, 3.05) is 0 Å². The lowest BCUT2D eigenvalue weighted by molar-refractivity contribution is 0.422. The standard InChI is InChI=1S/C17H25NOS/c1-3-5-7-8-10-12-15-17(19)16(20)13-14(18-15)11-9-6-4-2/h4,6,9,11,18-19H,2-3,5,7-8,10,12-13H2,1H3/b9-6-,14-11+. The summed E-state index contributed by atoms with van der Waals surface area (Å²) in [6.45, 7) is 5.85. The molecule has 0 aromatic carbocycles. The molecule has 0 bridgehead atoms. The number of aliphatic hydroxyl groups excluding tert-OH is 1. The third-order valence-corrected chi connectivity index (χ3v) is 3.63. The van der Waals surface area contributed by atoms with Gasteiger partial charge in [0.05, 0.1) is 10.6 Å². The first-order valence-electron chi connectivity index (χ1n) is 7.39. The summed E-state index contributed by atoms with van der Waals surface area (Å²) in [5.74, 6) is 0.278. The minimum atomic E-state index is 0.278. The lowest BCUT2D eigenvalue weighted by atomic mass is 10.0. The van der Waals surface area contributed by atoms with Gasteiger partial charge >= 0.3 is 0 Å². The van der Waals surface area contributed by atoms with Crippen molar-refractivity contribution < 1.29 is 5.11 Å². The maximum absolute atomic E-state index is 10.0. The molecule has 0 radical (unpaired) electrons. The monoisotopic (exact) mass is 291 g/mol. The number of hydrogen-bond acceptors (Lipinski definition) is 3. The molecule has 0 aromatic rings. The molecule has 0 aliphatic carbocycles. The Labute approximate surface area is 128 Å². The summed E-state index contributed by atoms with van der Waals surface area (Å²) >= 11 is 5.25. The van der Waals surface area contributed by atoms with Crippen molar-refractivity contribution in [3.63, 3.8) is 0 Å². The molecule has 1 aliphatic heterocycles. The molecule has 0 saturated heterocycles. The van der Waals surface area contributed by atoms with E-state index in [0.29, 0.717) is 11.3 Å². The number of aliphatic hydroxyl groups is 1. The Bertz CT molecular complexity index is 432. The third kappa shape index (κ3) is 5.74. The van der Waals surface area contributed by atoms with Crippen LogP contribution >= 0.6 is 12.2 Å². The molecule has 2 nitrogen and oxygen atoms in total. The molecule has 0 atom stereocenters. The van der Waals surface area contributed by atoms with E-state index in [1.165, 1.54) is 25.7 Å². The molecule has 0 spiro atoms. The van der Waals surface area contributed by atoms with Gasteiger partial charge in [-0.1, -0.05) is 69.6 Å². The Morgan fingerprint density at radius 3 is 2.70 bits per heavy atom. The molecule has 0 amide bonds. The summed E-state index contributed by atoms with van der Waals surface area (Å²) in [5, 5.41) is 13.3. The number of allylic oxidation sites excluding steroid dienone is 7. The zero-order chi connectivity index (χ0) is 14.8. The second-order valence-corrected chi connectivity index (χ2v) is 5.52. The highest BCUT2D eigenvalue weighted by atomic mass is 32.1. The average molecular weight is 291 g/mol. The summed E-state index contributed by atoms with van der Waals surface area (Å²) < 4.78 is 0. The van der Waals surface area contributed by atoms with Crippen LogP contribution in [0.5, 0.6) is 0 Å². The van der Waals surface area contributed by atoms with Crippen molar-refractivity contribution in [1.82, 2.24) is 5.32 Å². The number of hydrogen-bond donors (Lipinski definition) is 2. The third-order valence-electron chi connectivity index (χ3n) is 3.29. The molecule has 20 heavy (non-hydrogen) atoms. The van der Waals surface area contributed by atoms with E-state index >= 15 is 0 Å². The summed E-state index contributed by atoms with van der Waals surface area (Å²) in [4.78, 5) is 0.630. The summed E-state index contributed by atoms with van der Waals surface area (Å²) in [6.07, 6.45) is 15.1. The zero-order valence-corrected chi connectivity index (χ0v) is 13.1. The molecule has 1 rings (SSSR count). The highest BCUT2D eigenvalue weighted by molar-refractivity contribution is 7.80. The quantitative estimate of drug-likeness (QED) is 0.370. The Hall–Kier alpha value is -1.35. The molecule has 0 unspecified atom stereocenters. The smallest absolute Gasteiger partial charge is 0.149 e. The van der Waals surface area contributed by atoms with Crippen LogP contribution in [0, 0.1) is 0 Å². The van der Waals surface area contributed by atoms with E-state index < -0.39 is 0 Å². The largest absolute Gasteiger partial charge is 0.505 e. The molecule has 1 aliphatic rings. The van der Waals surface area contributed by atoms with Crippen LogP contribution in [-0.2, 0) is 0 Å². The molecule has 1 heterocycles. The number of rotatable bonds is 8. The van der Waals surface area contributed by atoms with Crippen LogP contribution in [0.3, 0.4) is 0 Å². The minimum Gasteiger partial charge on any atom is -0.505 e. The molecule has 3 heteroatoms. The summed E-state index contributed by atoms with van der Waals surface area (Å²) in [7, 11) is 0. The number of thiocarbonyl (C=S) groups is 1. The molecule has 2 N–H and O–H groups in total. The van der Waals surface area contributed by atoms with Gasteiger partial charge in [0.15, 0.2) is 0 Å². The van der Waals surface area contributed by atoms with Crippen molar-refractivity contribution in [2.24, 2.45) is 0 Å². The maximum Gasteiger partial charge on any atom is 0.149 e. The van der Waals surface area contributed by atoms with E-state index in [-0.39, 0.29) is 5.76 Å². The first-order valence-corrected chi connectivity index (χ1v) is 7.80. The Kier molecular flexibility index (Phi) is 7.97. The van der Waals surface area contributed by atoms with E-state index in [0.717, 1.165) is 24.2 Å². The van der Waals surface area contributed by atoms with Gasteiger partial charge in [-0.2, -0.15) is 0 Å². The van der Waals surface area contributed by atoms with Crippen LogP contribution in [0.2, 0.25) is 0 Å². The average Bonchev–Trinajstić information content (AvgIpc) is 2.43. The van der Waals surface area contributed by atoms with Crippen molar-refractivity contribution >= 4 is 17.1 Å². The van der Waals surface area contributed by atoms with Gasteiger partial charge in [-0.05, 0) is 18.9 Å². The fraction of sp³-hybridized carbons (Fsp3) is 0.471. The van der Waals surface area contributed by atoms with Crippen LogP contribution in [0.25, 0.3) is 0 Å². The lowest BCUT2D eigenvalue weighted by Crippen LogP contribution is -2.25. The minimum absolute atomic E-state index is 0.278. The molecular formula is C17H25NOS. The predicted octanol–water partition coefficient (Wildman–Crippen LogP) is 5.11. The zero-order valence-electron chi connectivity index (χ0n) is 12.3. The number of nitrogens with one attached hydrogen (secondary N) is 1. The summed E-state index contributed by atoms with van der Waals surface area (Å²) in [6, 6.07) is 0. The predicted molar refractivity (Wildman–Crippen MR) is 90.8 cm³/mol. The van der Waals surface area contributed by atoms with Crippen molar-refractivity contribution in [3.8, 4) is 0 Å². The SMILES string of the molecule is C=C/C=C\C=C1/CC(=S)C(O)=C(CCCCCCC)N1. The fourth-order valence-electron chi connectivity index (χ4n) is 2.16. The van der Waals surface area contributed by atoms with Gasteiger partial charge in [0.25, 0.3) is 0 Å². The topological polar surface area (TPSA) is 32.3 Å². The van der Waals surface area contributed by atoms with Gasteiger partial charge in [0.1, 0.15) is 5.76 Å². The van der Waals surface area contributed by atoms with Crippen molar-refractivity contribution in [1.29, 1.82) is 0 Å². The second kappa shape index (κ2) is 9.54. The van der Waals surface area contributed by atoms with Gasteiger partial charge in [-0.25, -0.2) is 0 Å². The van der Waals surface area contributed by atoms with E-state index in [1.807, 2.05) is 18.2 Å². The first-order chi connectivity index (χ1) is 9.69. The molecular weight excluding hydrogens is 266 g/mol. The van der Waals surface area contributed by atoms with Gasteiger partial charge in [0, 0.05) is 12.1 Å². The van der Waals surface area contributed by atoms with Crippen LogP contribution < -0.4 is 5.32 Å². The Balaban J connectivity index is 2.56. The van der Waals surface area contributed by atoms with Gasteiger partial charge < -0.3 is 10.4 Å². The van der Waals surface area contributed by atoms with Crippen molar-refractivity contribution in [2.45, 2.75) is 51.9 Å². The molecule has 0 aromatic heterocycles. The van der Waals surface area contributed by atoms with Crippen LogP contribution in [0.1, 0.15) is 51.9 Å². The van der Waals surface area contributed by atoms with Gasteiger partial charge in [-0.3, -0.25) is 0 Å². The van der Waals surface area contributed by atoms with Crippen LogP contribution in [0.4, 0.5) is 0 Å². The van der Waals surface area contributed by atoms with Gasteiger partial charge in [0.2, 0.25) is 0 Å². The van der Waals surface area contributed by atoms with Crippen LogP contribution in [-0.4, -0.2) is 9.97 Å². The number of unbranched alkanes of at least 4 members (excludes halogenated alkanes) is 4. The lowest BCUT2D eigenvalue weighted by Gasteiger charge is -2.22. The van der Waals surface area contributed by atoms with E-state index in [9.17, 15) is 5.11 Å². The Morgan fingerprint density at radius 2 is 2.00 bits per heavy atom. The Morgan fingerprint density at radius 1 is 1.25 bits per heavy atom. The highest BCUT2D eigenvalue weighted by Crippen LogP contribution is 2.21. The van der Waals surface area contributed by atoms with Gasteiger partial charge in [-0.15, -0.1) is 0 Å². The van der Waals surface area contributed by atoms with E-state index in [2.05, 4.69) is 18.8 Å². The summed E-state index contributed by atoms with van der Waals surface area (Å²) in [5.41, 5.74) is 1.91. The molecule has 0 saturated carbocycles. The van der Waals surface area contributed by atoms with Crippen molar-refractivity contribution in [3.05, 3.63) is 48.0 Å². The highest BCUT2D eigenvalue weighted by Gasteiger charge is 2.18.